The van der Waals surface area contributed by atoms with Gasteiger partial charge in [0.2, 0.25) is 0 Å². The van der Waals surface area contributed by atoms with Gasteiger partial charge in [0.25, 0.3) is 0 Å². The van der Waals surface area contributed by atoms with Crippen LogP contribution in [-0.2, 0) is 9.53 Å². The number of aliphatic hydroxyl groups excluding tert-OH is 1. The molecule has 3 heteroatoms. The maximum atomic E-state index is 11.0. The zero-order chi connectivity index (χ0) is 27.8. The van der Waals surface area contributed by atoms with E-state index in [0.29, 0.717) is 12.8 Å². The van der Waals surface area contributed by atoms with E-state index in [1.54, 1.807) is 0 Å². The van der Waals surface area contributed by atoms with Crippen molar-refractivity contribution in [2.45, 2.75) is 135 Å². The Morgan fingerprint density at radius 1 is 0.632 bits per heavy atom. The predicted octanol–water partition coefficient (Wildman–Crippen LogP) is 10.3. The highest BCUT2D eigenvalue weighted by molar-refractivity contribution is 5.68. The molecule has 0 aliphatic rings. The van der Waals surface area contributed by atoms with Crippen molar-refractivity contribution in [3.8, 4) is 0 Å². The molecule has 0 bridgehead atoms. The lowest BCUT2D eigenvalue weighted by atomic mass is 10.0. The molecular weight excluding hydrogens is 468 g/mol. The third kappa shape index (κ3) is 30.1. The Kier molecular flexibility index (Phi) is 29.3. The van der Waals surface area contributed by atoms with Crippen molar-refractivity contribution in [3.05, 3.63) is 72.9 Å². The van der Waals surface area contributed by atoms with E-state index >= 15 is 0 Å². The highest BCUT2D eigenvalue weighted by atomic mass is 16.5. The van der Waals surface area contributed by atoms with Crippen molar-refractivity contribution in [1.29, 1.82) is 0 Å². The molecule has 1 atom stereocenters. The van der Waals surface area contributed by atoms with Gasteiger partial charge in [-0.1, -0.05) is 144 Å². The number of esters is 1. The van der Waals surface area contributed by atoms with E-state index in [9.17, 15) is 9.90 Å². The Bertz CT molecular complexity index is 681. The van der Waals surface area contributed by atoms with Crippen molar-refractivity contribution in [2.24, 2.45) is 0 Å². The largest absolute Gasteiger partial charge is 0.469 e. The summed E-state index contributed by atoms with van der Waals surface area (Å²) in [4.78, 5) is 11.0. The van der Waals surface area contributed by atoms with Crippen molar-refractivity contribution in [1.82, 2.24) is 0 Å². The number of hydrogen-bond acceptors (Lipinski definition) is 3. The van der Waals surface area contributed by atoms with Crippen LogP contribution in [0, 0.1) is 0 Å². The Hall–Kier alpha value is -2.13. The molecule has 3 nitrogen and oxygen atoms in total. The zero-order valence-corrected chi connectivity index (χ0v) is 24.7. The first-order chi connectivity index (χ1) is 18.7. The Morgan fingerprint density at radius 2 is 1.13 bits per heavy atom. The van der Waals surface area contributed by atoms with Gasteiger partial charge in [0, 0.05) is 6.42 Å². The zero-order valence-electron chi connectivity index (χ0n) is 24.7. The summed E-state index contributed by atoms with van der Waals surface area (Å²) < 4.78 is 4.66. The molecule has 0 unspecified atom stereocenters. The molecule has 38 heavy (non-hydrogen) atoms. The number of hydrogen-bond donors (Lipinski definition) is 1. The van der Waals surface area contributed by atoms with Gasteiger partial charge in [-0.2, -0.15) is 0 Å². The average Bonchev–Trinajstić information content (AvgIpc) is 2.92. The average molecular weight is 527 g/mol. The normalized spacial score (nSPS) is 13.4. The monoisotopic (exact) mass is 526 g/mol. The topological polar surface area (TPSA) is 46.5 Å². The van der Waals surface area contributed by atoms with Crippen LogP contribution in [0.1, 0.15) is 129 Å². The van der Waals surface area contributed by atoms with Crippen LogP contribution < -0.4 is 0 Å². The van der Waals surface area contributed by atoms with Crippen LogP contribution in [0.4, 0.5) is 0 Å². The number of methoxy groups -OCH3 is 1. The number of allylic oxidation sites excluding steroid dienone is 10. The Morgan fingerprint density at radius 3 is 1.68 bits per heavy atom. The molecular formula is C35H58O3. The third-order valence-electron chi connectivity index (χ3n) is 6.41. The van der Waals surface area contributed by atoms with Crippen LogP contribution in [0.15, 0.2) is 72.9 Å². The number of carbonyl (C=O) groups is 1. The van der Waals surface area contributed by atoms with Crippen LogP contribution in [0.5, 0.6) is 0 Å². The minimum absolute atomic E-state index is 0.0766. The smallest absolute Gasteiger partial charge is 0.305 e. The van der Waals surface area contributed by atoms with Crippen LogP contribution in [0.25, 0.3) is 0 Å². The lowest BCUT2D eigenvalue weighted by Crippen LogP contribution is -1.99. The first kappa shape index (κ1) is 35.9. The maximum absolute atomic E-state index is 11.0. The standard InChI is InChI=1S/C35H58O3/c1-3-4-28-31-34(36)32-29-26-24-22-20-18-16-14-12-10-8-6-5-7-9-11-13-15-17-19-21-23-25-27-30-33-35(37)38-2/h4,6,8,12,14,18,20,24,26,28-29,32,34,36H,3,5,7,9-11,13,15-17,19,21-23,25,27,30-31,33H2,1-2H3/b8-6-,14-12-,20-18-,26-24-,28-4-,32-29+/t34-/m0/s1. The van der Waals surface area contributed by atoms with E-state index < -0.39 is 6.10 Å². The number of ether oxygens (including phenoxy) is 1. The molecule has 0 aliphatic carbocycles. The summed E-state index contributed by atoms with van der Waals surface area (Å²) in [6.07, 6.45) is 47.0. The molecule has 0 aromatic carbocycles. The van der Waals surface area contributed by atoms with Gasteiger partial charge in [-0.05, 0) is 51.4 Å². The molecule has 0 heterocycles. The van der Waals surface area contributed by atoms with Gasteiger partial charge in [-0.15, -0.1) is 0 Å². The van der Waals surface area contributed by atoms with Gasteiger partial charge in [0.15, 0.2) is 0 Å². The van der Waals surface area contributed by atoms with Gasteiger partial charge in [-0.25, -0.2) is 0 Å². The highest BCUT2D eigenvalue weighted by Gasteiger charge is 1.99. The van der Waals surface area contributed by atoms with Crippen LogP contribution in [-0.4, -0.2) is 24.3 Å². The lowest BCUT2D eigenvalue weighted by molar-refractivity contribution is -0.140. The molecule has 0 aromatic heterocycles. The van der Waals surface area contributed by atoms with Gasteiger partial charge in [-0.3, -0.25) is 4.79 Å². The Balaban J connectivity index is 3.40. The summed E-state index contributed by atoms with van der Waals surface area (Å²) in [6, 6.07) is 0. The molecule has 0 aromatic rings. The second-order valence-electron chi connectivity index (χ2n) is 9.97. The molecule has 0 radical (unpaired) electrons. The SMILES string of the molecule is CC/C=C\C[C@H](O)/C=C/C=C\C/C=C\C/C=C\C/C=C\CCCCCCCCCCCCCCC(=O)OC. The van der Waals surface area contributed by atoms with Crippen molar-refractivity contribution >= 4 is 5.97 Å². The molecule has 0 rings (SSSR count). The fraction of sp³-hybridized carbons (Fsp3) is 0.629. The molecule has 0 fully saturated rings. The summed E-state index contributed by atoms with van der Waals surface area (Å²) in [6.45, 7) is 2.10. The minimum atomic E-state index is -0.392. The fourth-order valence-electron chi connectivity index (χ4n) is 4.07. The molecule has 0 saturated heterocycles. The third-order valence-corrected chi connectivity index (χ3v) is 6.41. The van der Waals surface area contributed by atoms with E-state index in [4.69, 9.17) is 0 Å². The molecule has 216 valence electrons. The van der Waals surface area contributed by atoms with E-state index in [-0.39, 0.29) is 5.97 Å². The fourth-order valence-corrected chi connectivity index (χ4v) is 4.07. The van der Waals surface area contributed by atoms with Gasteiger partial charge >= 0.3 is 5.97 Å². The van der Waals surface area contributed by atoms with Crippen molar-refractivity contribution in [3.63, 3.8) is 0 Å². The number of aliphatic hydroxyl groups is 1. The van der Waals surface area contributed by atoms with E-state index in [2.05, 4.69) is 60.3 Å². The van der Waals surface area contributed by atoms with Crippen LogP contribution in [0.2, 0.25) is 0 Å². The summed E-state index contributed by atoms with van der Waals surface area (Å²) in [5, 5.41) is 9.77. The summed E-state index contributed by atoms with van der Waals surface area (Å²) in [7, 11) is 1.46. The van der Waals surface area contributed by atoms with E-state index in [1.807, 2.05) is 24.3 Å². The Labute approximate surface area is 235 Å². The predicted molar refractivity (Wildman–Crippen MR) is 166 cm³/mol. The second kappa shape index (κ2) is 31.1. The summed E-state index contributed by atoms with van der Waals surface area (Å²) in [5.41, 5.74) is 0. The molecule has 0 saturated carbocycles. The summed E-state index contributed by atoms with van der Waals surface area (Å²) >= 11 is 0. The van der Waals surface area contributed by atoms with Gasteiger partial charge in [0.1, 0.15) is 0 Å². The summed E-state index contributed by atoms with van der Waals surface area (Å²) in [5.74, 6) is -0.0766. The molecule has 0 amide bonds. The number of rotatable bonds is 26. The van der Waals surface area contributed by atoms with E-state index in [0.717, 1.165) is 38.5 Å². The molecule has 0 aliphatic heterocycles. The van der Waals surface area contributed by atoms with Gasteiger partial charge < -0.3 is 9.84 Å². The first-order valence-electron chi connectivity index (χ1n) is 15.4. The second-order valence-corrected chi connectivity index (χ2v) is 9.97. The lowest BCUT2D eigenvalue weighted by Gasteiger charge is -2.03. The van der Waals surface area contributed by atoms with Crippen molar-refractivity contribution in [2.75, 3.05) is 7.11 Å². The highest BCUT2D eigenvalue weighted by Crippen LogP contribution is 2.13. The van der Waals surface area contributed by atoms with Crippen LogP contribution >= 0.6 is 0 Å². The minimum Gasteiger partial charge on any atom is -0.469 e. The number of carbonyl (C=O) groups excluding carboxylic acids is 1. The maximum Gasteiger partial charge on any atom is 0.305 e. The van der Waals surface area contributed by atoms with E-state index in [1.165, 1.54) is 77.7 Å². The quantitative estimate of drug-likeness (QED) is 0.0527. The number of unbranched alkanes of at least 4 members (excludes halogenated alkanes) is 12. The first-order valence-corrected chi connectivity index (χ1v) is 15.4. The molecule has 1 N–H and O–H groups in total. The van der Waals surface area contributed by atoms with Crippen molar-refractivity contribution < 1.29 is 14.6 Å². The van der Waals surface area contributed by atoms with Gasteiger partial charge in [0.05, 0.1) is 13.2 Å². The molecule has 0 spiro atoms. The van der Waals surface area contributed by atoms with Crippen LogP contribution in [0.3, 0.4) is 0 Å².